The fraction of sp³-hybridized carbons (Fsp3) is 0.500. The van der Waals surface area contributed by atoms with Gasteiger partial charge in [0.05, 0.1) is 16.4 Å². The molecule has 2 heterocycles. The summed E-state index contributed by atoms with van der Waals surface area (Å²) in [4.78, 5) is 9.09. The number of benzene rings is 1. The number of halogens is 2. The molecule has 1 aromatic rings. The van der Waals surface area contributed by atoms with Crippen LogP contribution in [0.15, 0.2) is 28.8 Å². The summed E-state index contributed by atoms with van der Waals surface area (Å²) in [6.07, 6.45) is 1.25. The Balaban J connectivity index is 0.000000817. The lowest BCUT2D eigenvalue weighted by molar-refractivity contribution is 0.204. The third kappa shape index (κ3) is 5.08. The molecule has 1 saturated heterocycles. The highest BCUT2D eigenvalue weighted by atomic mass is 35.5. The molecule has 3 rings (SSSR count). The number of piperazine rings is 1. The van der Waals surface area contributed by atoms with Crippen molar-refractivity contribution < 1.29 is 4.39 Å². The molecule has 27 heavy (non-hydrogen) atoms. The van der Waals surface area contributed by atoms with Gasteiger partial charge in [-0.25, -0.2) is 14.4 Å². The molecule has 0 bridgehead atoms. The quantitative estimate of drug-likeness (QED) is 0.642. The van der Waals surface area contributed by atoms with Gasteiger partial charge >= 0.3 is 0 Å². The SMILES string of the molecule is C=C1c2cc(Cl)c(F)cc2N=C(N2CCN(C)CC2)N1N=C(C)C.CCC. The number of rotatable bonds is 1. The highest BCUT2D eigenvalue weighted by Crippen LogP contribution is 2.37. The number of guanidine groups is 1. The minimum Gasteiger partial charge on any atom is -0.338 e. The average molecular weight is 394 g/mol. The van der Waals surface area contributed by atoms with Gasteiger partial charge in [0, 0.05) is 43.5 Å². The Kier molecular flexibility index (Phi) is 7.39. The van der Waals surface area contributed by atoms with Crippen molar-refractivity contribution in [1.82, 2.24) is 14.8 Å². The summed E-state index contributed by atoms with van der Waals surface area (Å²) in [7, 11) is 2.09. The van der Waals surface area contributed by atoms with Crippen molar-refractivity contribution in [3.8, 4) is 0 Å². The van der Waals surface area contributed by atoms with Gasteiger partial charge in [-0.05, 0) is 27.0 Å². The minimum absolute atomic E-state index is 0.0605. The molecule has 2 aliphatic heterocycles. The Labute approximate surface area is 166 Å². The maximum absolute atomic E-state index is 13.9. The summed E-state index contributed by atoms with van der Waals surface area (Å²) in [6, 6.07) is 2.92. The van der Waals surface area contributed by atoms with E-state index in [1.54, 1.807) is 11.1 Å². The molecule has 0 aliphatic carbocycles. The van der Waals surface area contributed by atoms with Crippen molar-refractivity contribution in [3.05, 3.63) is 35.1 Å². The molecule has 0 unspecified atom stereocenters. The van der Waals surface area contributed by atoms with Gasteiger partial charge in [-0.3, -0.25) is 0 Å². The zero-order chi connectivity index (χ0) is 20.1. The van der Waals surface area contributed by atoms with Crippen molar-refractivity contribution >= 4 is 34.7 Å². The second-order valence-corrected chi connectivity index (χ2v) is 7.41. The molecule has 2 aliphatic rings. The van der Waals surface area contributed by atoms with Gasteiger partial charge in [-0.15, -0.1) is 0 Å². The van der Waals surface area contributed by atoms with E-state index in [9.17, 15) is 4.39 Å². The lowest BCUT2D eigenvalue weighted by Crippen LogP contribution is -2.51. The smallest absolute Gasteiger partial charge is 0.227 e. The fourth-order valence-corrected chi connectivity index (χ4v) is 2.93. The highest BCUT2D eigenvalue weighted by molar-refractivity contribution is 6.31. The molecule has 0 amide bonds. The van der Waals surface area contributed by atoms with Crippen LogP contribution < -0.4 is 0 Å². The minimum atomic E-state index is -0.478. The van der Waals surface area contributed by atoms with Crippen molar-refractivity contribution in [2.75, 3.05) is 33.2 Å². The monoisotopic (exact) mass is 393 g/mol. The molecular weight excluding hydrogens is 365 g/mol. The Morgan fingerprint density at radius 3 is 2.37 bits per heavy atom. The molecule has 0 N–H and O–H groups in total. The Bertz CT molecular complexity index is 747. The molecule has 7 heteroatoms. The van der Waals surface area contributed by atoms with E-state index in [2.05, 4.69) is 47.4 Å². The number of hydrazone groups is 1. The summed E-state index contributed by atoms with van der Waals surface area (Å²) < 4.78 is 13.9. The van der Waals surface area contributed by atoms with Crippen molar-refractivity contribution in [3.63, 3.8) is 0 Å². The van der Waals surface area contributed by atoms with Gasteiger partial charge in [0.25, 0.3) is 0 Å². The van der Waals surface area contributed by atoms with E-state index in [-0.39, 0.29) is 5.02 Å². The maximum atomic E-state index is 13.9. The lowest BCUT2D eigenvalue weighted by Gasteiger charge is -2.39. The molecule has 0 spiro atoms. The van der Waals surface area contributed by atoms with Crippen LogP contribution in [-0.2, 0) is 0 Å². The number of likely N-dealkylation sites (N-methyl/N-ethyl adjacent to an activating group) is 1. The van der Waals surface area contributed by atoms with E-state index >= 15 is 0 Å². The predicted octanol–water partition coefficient (Wildman–Crippen LogP) is 4.81. The highest BCUT2D eigenvalue weighted by Gasteiger charge is 2.30. The molecule has 148 valence electrons. The third-order valence-corrected chi connectivity index (χ3v) is 4.39. The van der Waals surface area contributed by atoms with Gasteiger partial charge in [-0.2, -0.15) is 5.10 Å². The standard InChI is InChI=1S/C17H21ClFN5.C3H8/c1-11(2)21-24-12(3)13-9-14(18)15(19)10-16(13)20-17(24)23-7-5-22(4)6-8-23;1-3-2/h9-10H,3,5-8H2,1-2,4H3;3H2,1-2H3. The number of hydrogen-bond donors (Lipinski definition) is 0. The van der Waals surface area contributed by atoms with Crippen LogP contribution in [0, 0.1) is 5.82 Å². The molecule has 1 aromatic carbocycles. The van der Waals surface area contributed by atoms with Crippen molar-refractivity contribution in [2.45, 2.75) is 34.1 Å². The van der Waals surface area contributed by atoms with Gasteiger partial charge < -0.3 is 9.80 Å². The zero-order valence-corrected chi connectivity index (χ0v) is 17.6. The van der Waals surface area contributed by atoms with Gasteiger partial charge in [0.2, 0.25) is 5.96 Å². The van der Waals surface area contributed by atoms with Crippen LogP contribution in [0.3, 0.4) is 0 Å². The molecule has 1 fully saturated rings. The van der Waals surface area contributed by atoms with Crippen LogP contribution in [0.25, 0.3) is 5.70 Å². The van der Waals surface area contributed by atoms with Crippen LogP contribution >= 0.6 is 11.6 Å². The normalized spacial score (nSPS) is 17.0. The van der Waals surface area contributed by atoms with E-state index in [1.165, 1.54) is 12.5 Å². The van der Waals surface area contributed by atoms with Crippen molar-refractivity contribution in [2.24, 2.45) is 10.1 Å². The second-order valence-electron chi connectivity index (χ2n) is 7.00. The molecule has 0 saturated carbocycles. The first kappa shape index (κ1) is 21.4. The molecule has 5 nitrogen and oxygen atoms in total. The first-order chi connectivity index (χ1) is 12.8. The van der Waals surface area contributed by atoms with E-state index in [4.69, 9.17) is 11.6 Å². The number of nitrogens with zero attached hydrogens (tertiary/aromatic N) is 5. The summed E-state index contributed by atoms with van der Waals surface area (Å²) in [5, 5.41) is 6.37. The zero-order valence-electron chi connectivity index (χ0n) is 16.9. The Morgan fingerprint density at radius 1 is 1.22 bits per heavy atom. The molecule has 0 radical (unpaired) electrons. The van der Waals surface area contributed by atoms with Crippen LogP contribution in [0.2, 0.25) is 5.02 Å². The van der Waals surface area contributed by atoms with Crippen LogP contribution in [0.5, 0.6) is 0 Å². The summed E-state index contributed by atoms with van der Waals surface area (Å²) >= 11 is 5.93. The van der Waals surface area contributed by atoms with Crippen LogP contribution in [0.4, 0.5) is 10.1 Å². The largest absolute Gasteiger partial charge is 0.338 e. The molecule has 0 atom stereocenters. The predicted molar refractivity (Wildman–Crippen MR) is 113 cm³/mol. The Hall–Kier alpha value is -1.92. The first-order valence-corrected chi connectivity index (χ1v) is 9.68. The second kappa shape index (κ2) is 9.33. The van der Waals surface area contributed by atoms with Gasteiger partial charge in [0.1, 0.15) is 5.82 Å². The molecule has 0 aromatic heterocycles. The number of fused-ring (bicyclic) bond motifs is 1. The van der Waals surface area contributed by atoms with Crippen LogP contribution in [-0.4, -0.2) is 59.7 Å². The summed E-state index contributed by atoms with van der Waals surface area (Å²) in [6.45, 7) is 15.8. The van der Waals surface area contributed by atoms with Crippen molar-refractivity contribution in [1.29, 1.82) is 0 Å². The summed E-state index contributed by atoms with van der Waals surface area (Å²) in [5.74, 6) is 0.205. The van der Waals surface area contributed by atoms with E-state index < -0.39 is 5.82 Å². The maximum Gasteiger partial charge on any atom is 0.227 e. The number of hydrogen-bond acceptors (Lipinski definition) is 5. The fourth-order valence-electron chi connectivity index (χ4n) is 2.77. The summed E-state index contributed by atoms with van der Waals surface area (Å²) in [5.41, 5.74) is 2.77. The van der Waals surface area contributed by atoms with E-state index in [1.807, 2.05) is 13.8 Å². The van der Waals surface area contributed by atoms with Crippen LogP contribution in [0.1, 0.15) is 39.7 Å². The average Bonchev–Trinajstić information content (AvgIpc) is 2.60. The molecular formula is C20H29ClFN5. The first-order valence-electron chi connectivity index (χ1n) is 9.30. The number of aliphatic imine (C=N–C) groups is 1. The third-order valence-electron chi connectivity index (χ3n) is 4.10. The van der Waals surface area contributed by atoms with Gasteiger partial charge in [0.15, 0.2) is 0 Å². The lowest BCUT2D eigenvalue weighted by atomic mass is 10.1. The van der Waals surface area contributed by atoms with E-state index in [0.717, 1.165) is 31.9 Å². The Morgan fingerprint density at radius 2 is 1.81 bits per heavy atom. The van der Waals surface area contributed by atoms with Gasteiger partial charge in [-0.1, -0.05) is 38.4 Å². The van der Waals surface area contributed by atoms with E-state index in [0.29, 0.717) is 22.9 Å². The topological polar surface area (TPSA) is 34.4 Å².